The molecule has 0 aliphatic rings. The number of halogens is 2. The molecule has 2 rings (SSSR count). The van der Waals surface area contributed by atoms with Crippen molar-refractivity contribution in [3.63, 3.8) is 0 Å². The number of rotatable bonds is 3. The first-order chi connectivity index (χ1) is 10.1. The monoisotopic (exact) mass is 339 g/mol. The molecule has 0 aliphatic heterocycles. The summed E-state index contributed by atoms with van der Waals surface area (Å²) in [6.45, 7) is 0. The molecule has 0 heterocycles. The van der Waals surface area contributed by atoms with Gasteiger partial charge in [-0.05, 0) is 36.5 Å². The molecule has 0 saturated carbocycles. The first-order valence-corrected chi connectivity index (χ1v) is 7.06. The van der Waals surface area contributed by atoms with Crippen molar-refractivity contribution in [2.24, 2.45) is 5.10 Å². The molecule has 0 aliphatic carbocycles. The highest BCUT2D eigenvalue weighted by Crippen LogP contribution is 2.29. The zero-order valence-corrected chi connectivity index (χ0v) is 13.0. The third kappa shape index (κ3) is 4.60. The molecule has 0 atom stereocenters. The van der Waals surface area contributed by atoms with E-state index >= 15 is 0 Å². The number of hydrogen-bond donors (Lipinski definition) is 3. The normalized spacial score (nSPS) is 10.6. The topological polar surface area (TPSA) is 56.7 Å². The van der Waals surface area contributed by atoms with Crippen molar-refractivity contribution in [1.82, 2.24) is 5.43 Å². The van der Waals surface area contributed by atoms with Crippen molar-refractivity contribution in [1.29, 1.82) is 0 Å². The van der Waals surface area contributed by atoms with Crippen LogP contribution in [0.5, 0.6) is 5.75 Å². The summed E-state index contributed by atoms with van der Waals surface area (Å²) in [7, 11) is 0. The van der Waals surface area contributed by atoms with Crippen molar-refractivity contribution in [2.45, 2.75) is 0 Å². The molecule has 7 heteroatoms. The summed E-state index contributed by atoms with van der Waals surface area (Å²) < 4.78 is 0. The van der Waals surface area contributed by atoms with Gasteiger partial charge in [-0.15, -0.1) is 0 Å². The van der Waals surface area contributed by atoms with Crippen LogP contribution in [0.2, 0.25) is 10.0 Å². The van der Waals surface area contributed by atoms with E-state index in [1.165, 1.54) is 12.3 Å². The molecule has 0 amide bonds. The molecule has 0 spiro atoms. The summed E-state index contributed by atoms with van der Waals surface area (Å²) in [6, 6.07) is 12.4. The van der Waals surface area contributed by atoms with Gasteiger partial charge in [-0.3, -0.25) is 5.43 Å². The molecule has 21 heavy (non-hydrogen) atoms. The number of anilines is 1. The zero-order valence-electron chi connectivity index (χ0n) is 10.7. The van der Waals surface area contributed by atoms with Crippen LogP contribution in [0.15, 0.2) is 47.6 Å². The van der Waals surface area contributed by atoms with Gasteiger partial charge in [-0.25, -0.2) is 0 Å². The largest absolute Gasteiger partial charge is 0.506 e. The minimum Gasteiger partial charge on any atom is -0.506 e. The van der Waals surface area contributed by atoms with E-state index in [1.807, 2.05) is 30.3 Å². The highest BCUT2D eigenvalue weighted by molar-refractivity contribution is 7.80. The molecule has 3 N–H and O–H groups in total. The van der Waals surface area contributed by atoms with Crippen LogP contribution >= 0.6 is 35.4 Å². The second-order valence-electron chi connectivity index (χ2n) is 4.02. The van der Waals surface area contributed by atoms with Gasteiger partial charge in [0, 0.05) is 16.3 Å². The zero-order chi connectivity index (χ0) is 15.2. The van der Waals surface area contributed by atoms with E-state index < -0.39 is 0 Å². The predicted molar refractivity (Wildman–Crippen MR) is 91.5 cm³/mol. The lowest BCUT2D eigenvalue weighted by Gasteiger charge is -2.06. The third-order valence-corrected chi connectivity index (χ3v) is 3.16. The molecule has 0 unspecified atom stereocenters. The maximum absolute atomic E-state index is 9.76. The first kappa shape index (κ1) is 15.6. The highest BCUT2D eigenvalue weighted by Gasteiger charge is 2.05. The van der Waals surface area contributed by atoms with E-state index in [9.17, 15) is 5.11 Å². The maximum atomic E-state index is 9.76. The Balaban J connectivity index is 1.98. The fourth-order valence-electron chi connectivity index (χ4n) is 1.53. The van der Waals surface area contributed by atoms with Crippen LogP contribution in [-0.4, -0.2) is 16.4 Å². The Kier molecular flexibility index (Phi) is 5.38. The number of phenols is 1. The summed E-state index contributed by atoms with van der Waals surface area (Å²) in [5.41, 5.74) is 3.88. The van der Waals surface area contributed by atoms with Crippen LogP contribution in [-0.2, 0) is 0 Å². The number of phenolic OH excluding ortho intramolecular Hbond substituents is 1. The maximum Gasteiger partial charge on any atom is 0.191 e. The highest BCUT2D eigenvalue weighted by atomic mass is 35.5. The second-order valence-corrected chi connectivity index (χ2v) is 5.27. The van der Waals surface area contributed by atoms with Gasteiger partial charge in [0.25, 0.3) is 0 Å². The standard InChI is InChI=1S/C14H11Cl2N3OS/c15-10-6-9(13(20)12(16)7-10)8-17-19-14(21)18-11-4-2-1-3-5-11/h1-8,20H,(H2,18,19,21)/b17-8+. The second kappa shape index (κ2) is 7.26. The smallest absolute Gasteiger partial charge is 0.191 e. The van der Waals surface area contributed by atoms with Gasteiger partial charge in [0.1, 0.15) is 5.75 Å². The lowest BCUT2D eigenvalue weighted by Crippen LogP contribution is -2.23. The van der Waals surface area contributed by atoms with Crippen molar-refractivity contribution in [2.75, 3.05) is 5.32 Å². The van der Waals surface area contributed by atoms with Gasteiger partial charge < -0.3 is 10.4 Å². The first-order valence-electron chi connectivity index (χ1n) is 5.89. The van der Waals surface area contributed by atoms with Crippen LogP contribution in [0.25, 0.3) is 0 Å². The van der Waals surface area contributed by atoms with Crippen LogP contribution in [0.4, 0.5) is 5.69 Å². The third-order valence-electron chi connectivity index (χ3n) is 2.46. The quantitative estimate of drug-likeness (QED) is 0.449. The molecule has 108 valence electrons. The SMILES string of the molecule is Oc1c(Cl)cc(Cl)cc1/C=N/NC(=S)Nc1ccccc1. The van der Waals surface area contributed by atoms with Gasteiger partial charge in [0.05, 0.1) is 11.2 Å². The van der Waals surface area contributed by atoms with Gasteiger partial charge in [-0.1, -0.05) is 41.4 Å². The number of hydrazone groups is 1. The average molecular weight is 340 g/mol. The van der Waals surface area contributed by atoms with Crippen molar-refractivity contribution in [3.8, 4) is 5.75 Å². The Morgan fingerprint density at radius 2 is 1.90 bits per heavy atom. The van der Waals surface area contributed by atoms with E-state index in [-0.39, 0.29) is 10.8 Å². The van der Waals surface area contributed by atoms with Crippen molar-refractivity contribution >= 4 is 52.4 Å². The number of hydrogen-bond acceptors (Lipinski definition) is 3. The Bertz CT molecular complexity index is 677. The number of aromatic hydroxyl groups is 1. The molecule has 0 fully saturated rings. The van der Waals surface area contributed by atoms with E-state index in [4.69, 9.17) is 35.4 Å². The molecular weight excluding hydrogens is 329 g/mol. The molecule has 0 saturated heterocycles. The van der Waals surface area contributed by atoms with E-state index in [1.54, 1.807) is 6.07 Å². The molecule has 0 bridgehead atoms. The van der Waals surface area contributed by atoms with E-state index in [0.29, 0.717) is 15.7 Å². The molecule has 0 radical (unpaired) electrons. The van der Waals surface area contributed by atoms with Crippen LogP contribution < -0.4 is 10.7 Å². The number of thiocarbonyl (C=S) groups is 1. The van der Waals surface area contributed by atoms with Gasteiger partial charge in [0.15, 0.2) is 5.11 Å². The number of nitrogens with one attached hydrogen (secondary N) is 2. The summed E-state index contributed by atoms with van der Waals surface area (Å²) in [5.74, 6) is -0.0893. The summed E-state index contributed by atoms with van der Waals surface area (Å²) in [5, 5.41) is 17.5. The minimum atomic E-state index is -0.0893. The number of nitrogens with zero attached hydrogens (tertiary/aromatic N) is 1. The summed E-state index contributed by atoms with van der Waals surface area (Å²) in [6.07, 6.45) is 1.38. The van der Waals surface area contributed by atoms with E-state index in [2.05, 4.69) is 15.8 Å². The molecular formula is C14H11Cl2N3OS. The van der Waals surface area contributed by atoms with E-state index in [0.717, 1.165) is 5.69 Å². The minimum absolute atomic E-state index is 0.0893. The van der Waals surface area contributed by atoms with Crippen LogP contribution in [0, 0.1) is 0 Å². The van der Waals surface area contributed by atoms with Gasteiger partial charge in [-0.2, -0.15) is 5.10 Å². The lowest BCUT2D eigenvalue weighted by atomic mass is 10.2. The van der Waals surface area contributed by atoms with Gasteiger partial charge >= 0.3 is 0 Å². The number of benzene rings is 2. The molecule has 0 aromatic heterocycles. The fourth-order valence-corrected chi connectivity index (χ4v) is 2.20. The van der Waals surface area contributed by atoms with Crippen molar-refractivity contribution in [3.05, 3.63) is 58.1 Å². The fraction of sp³-hybridized carbons (Fsp3) is 0. The predicted octanol–water partition coefficient (Wildman–Crippen LogP) is 4.02. The van der Waals surface area contributed by atoms with Crippen molar-refractivity contribution < 1.29 is 5.11 Å². The van der Waals surface area contributed by atoms with Crippen LogP contribution in [0.3, 0.4) is 0 Å². The van der Waals surface area contributed by atoms with Crippen LogP contribution in [0.1, 0.15) is 5.56 Å². The summed E-state index contributed by atoms with van der Waals surface area (Å²) in [4.78, 5) is 0. The Labute approximate surface area is 137 Å². The summed E-state index contributed by atoms with van der Waals surface area (Å²) >= 11 is 16.8. The molecule has 2 aromatic rings. The number of para-hydroxylation sites is 1. The Morgan fingerprint density at radius 1 is 1.19 bits per heavy atom. The average Bonchev–Trinajstić information content (AvgIpc) is 2.45. The molecule has 4 nitrogen and oxygen atoms in total. The Hall–Kier alpha value is -1.82. The van der Waals surface area contributed by atoms with Gasteiger partial charge in [0.2, 0.25) is 0 Å². The Morgan fingerprint density at radius 3 is 2.62 bits per heavy atom. The lowest BCUT2D eigenvalue weighted by molar-refractivity contribution is 0.474. The molecule has 2 aromatic carbocycles.